The number of hydrogen-bond acceptors (Lipinski definition) is 2. The van der Waals surface area contributed by atoms with Crippen LogP contribution in [-0.2, 0) is 6.18 Å². The van der Waals surface area contributed by atoms with E-state index in [9.17, 15) is 18.0 Å². The quantitative estimate of drug-likeness (QED) is 0.870. The van der Waals surface area contributed by atoms with Crippen molar-refractivity contribution in [3.05, 3.63) is 29.3 Å². The van der Waals surface area contributed by atoms with Gasteiger partial charge in [-0.25, -0.2) is 0 Å². The van der Waals surface area contributed by atoms with Crippen LogP contribution in [0.25, 0.3) is 0 Å². The van der Waals surface area contributed by atoms with Gasteiger partial charge in [0.15, 0.2) is 0 Å². The average molecular weight is 288 g/mol. The number of halogens is 3. The summed E-state index contributed by atoms with van der Waals surface area (Å²) in [7, 11) is 0. The molecule has 0 fully saturated rings. The van der Waals surface area contributed by atoms with Crippen LogP contribution in [0, 0.1) is 5.92 Å². The standard InChI is InChI=1S/C14H19F3N2O/c1-4-18-12-6-5-10(7-11(12)14(15,16)17)13(20)19-8-9(2)3/h5-7,9,18H,4,8H2,1-3H3,(H,19,20). The molecule has 0 spiro atoms. The van der Waals surface area contributed by atoms with Crippen LogP contribution in [-0.4, -0.2) is 19.0 Å². The normalized spacial score (nSPS) is 11.6. The second kappa shape index (κ2) is 6.63. The molecule has 0 unspecified atom stereocenters. The minimum atomic E-state index is -4.49. The summed E-state index contributed by atoms with van der Waals surface area (Å²) in [5.74, 6) is -0.255. The van der Waals surface area contributed by atoms with Gasteiger partial charge in [0.05, 0.1) is 5.56 Å². The SMILES string of the molecule is CCNc1ccc(C(=O)NCC(C)C)cc1C(F)(F)F. The monoisotopic (exact) mass is 288 g/mol. The summed E-state index contributed by atoms with van der Waals surface area (Å²) >= 11 is 0. The number of carbonyl (C=O) groups is 1. The molecule has 0 bridgehead atoms. The van der Waals surface area contributed by atoms with Crippen molar-refractivity contribution in [2.75, 3.05) is 18.4 Å². The molecule has 0 radical (unpaired) electrons. The van der Waals surface area contributed by atoms with Gasteiger partial charge in [0, 0.05) is 24.3 Å². The van der Waals surface area contributed by atoms with Crippen LogP contribution >= 0.6 is 0 Å². The molecule has 2 N–H and O–H groups in total. The van der Waals surface area contributed by atoms with Crippen molar-refractivity contribution < 1.29 is 18.0 Å². The van der Waals surface area contributed by atoms with Gasteiger partial charge < -0.3 is 10.6 Å². The summed E-state index contributed by atoms with van der Waals surface area (Å²) in [5.41, 5.74) is -0.823. The van der Waals surface area contributed by atoms with Gasteiger partial charge in [0.25, 0.3) is 5.91 Å². The zero-order valence-corrected chi connectivity index (χ0v) is 11.8. The number of alkyl halides is 3. The molecule has 6 heteroatoms. The molecular formula is C14H19F3N2O. The van der Waals surface area contributed by atoms with Crippen LogP contribution in [0.2, 0.25) is 0 Å². The molecule has 0 aliphatic carbocycles. The largest absolute Gasteiger partial charge is 0.418 e. The smallest absolute Gasteiger partial charge is 0.385 e. The van der Waals surface area contributed by atoms with E-state index in [1.165, 1.54) is 12.1 Å². The molecule has 0 saturated heterocycles. The predicted molar refractivity (Wildman–Crippen MR) is 72.8 cm³/mol. The molecule has 1 rings (SSSR count). The maximum absolute atomic E-state index is 13.0. The molecule has 0 saturated carbocycles. The van der Waals surface area contributed by atoms with Gasteiger partial charge >= 0.3 is 6.18 Å². The van der Waals surface area contributed by atoms with E-state index in [0.29, 0.717) is 13.1 Å². The fourth-order valence-electron chi connectivity index (χ4n) is 1.66. The van der Waals surface area contributed by atoms with E-state index in [-0.39, 0.29) is 17.2 Å². The Kier molecular flexibility index (Phi) is 5.42. The molecule has 1 amide bonds. The molecule has 0 heterocycles. The maximum Gasteiger partial charge on any atom is 0.418 e. The van der Waals surface area contributed by atoms with Gasteiger partial charge in [-0.3, -0.25) is 4.79 Å². The molecular weight excluding hydrogens is 269 g/mol. The highest BCUT2D eigenvalue weighted by molar-refractivity contribution is 5.95. The summed E-state index contributed by atoms with van der Waals surface area (Å²) in [6, 6.07) is 3.56. The van der Waals surface area contributed by atoms with Crippen molar-refractivity contribution in [3.63, 3.8) is 0 Å². The maximum atomic E-state index is 13.0. The lowest BCUT2D eigenvalue weighted by molar-refractivity contribution is -0.137. The van der Waals surface area contributed by atoms with Gasteiger partial charge in [-0.05, 0) is 31.0 Å². The van der Waals surface area contributed by atoms with Crippen molar-refractivity contribution in [1.29, 1.82) is 0 Å². The van der Waals surface area contributed by atoms with Gasteiger partial charge in [0.2, 0.25) is 0 Å². The van der Waals surface area contributed by atoms with E-state index in [0.717, 1.165) is 6.07 Å². The Bertz CT molecular complexity index is 470. The van der Waals surface area contributed by atoms with Crippen LogP contribution in [0.15, 0.2) is 18.2 Å². The van der Waals surface area contributed by atoms with Gasteiger partial charge in [-0.1, -0.05) is 13.8 Å². The topological polar surface area (TPSA) is 41.1 Å². The Balaban J connectivity index is 3.03. The Labute approximate surface area is 116 Å². The van der Waals surface area contributed by atoms with Crippen molar-refractivity contribution in [2.24, 2.45) is 5.92 Å². The zero-order chi connectivity index (χ0) is 15.3. The lowest BCUT2D eigenvalue weighted by atomic mass is 10.1. The summed E-state index contributed by atoms with van der Waals surface area (Å²) in [6.45, 7) is 6.34. The molecule has 1 aromatic carbocycles. The van der Waals surface area contributed by atoms with Crippen LogP contribution in [0.4, 0.5) is 18.9 Å². The van der Waals surface area contributed by atoms with Gasteiger partial charge in [-0.2, -0.15) is 13.2 Å². The van der Waals surface area contributed by atoms with Crippen LogP contribution in [0.5, 0.6) is 0 Å². The number of rotatable bonds is 5. The summed E-state index contributed by atoms with van der Waals surface area (Å²) in [4.78, 5) is 11.8. The molecule has 0 aliphatic heterocycles. The third kappa shape index (κ3) is 4.43. The number of benzene rings is 1. The first-order valence-corrected chi connectivity index (χ1v) is 6.49. The molecule has 20 heavy (non-hydrogen) atoms. The number of nitrogens with one attached hydrogen (secondary N) is 2. The second-order valence-electron chi connectivity index (χ2n) is 4.89. The van der Waals surface area contributed by atoms with E-state index in [2.05, 4.69) is 10.6 Å². The van der Waals surface area contributed by atoms with Crippen molar-refractivity contribution >= 4 is 11.6 Å². The van der Waals surface area contributed by atoms with Crippen molar-refractivity contribution in [2.45, 2.75) is 26.9 Å². The van der Waals surface area contributed by atoms with E-state index in [4.69, 9.17) is 0 Å². The van der Waals surface area contributed by atoms with E-state index in [1.54, 1.807) is 6.92 Å². The Hall–Kier alpha value is -1.72. The van der Waals surface area contributed by atoms with Gasteiger partial charge in [-0.15, -0.1) is 0 Å². The Morgan fingerprint density at radius 2 is 1.95 bits per heavy atom. The molecule has 0 aliphatic rings. The first-order valence-electron chi connectivity index (χ1n) is 6.49. The Morgan fingerprint density at radius 3 is 2.45 bits per heavy atom. The lowest BCUT2D eigenvalue weighted by Gasteiger charge is -2.15. The first-order chi connectivity index (χ1) is 9.25. The molecule has 112 valence electrons. The fraction of sp³-hybridized carbons (Fsp3) is 0.500. The van der Waals surface area contributed by atoms with Crippen LogP contribution in [0.1, 0.15) is 36.7 Å². The minimum Gasteiger partial charge on any atom is -0.385 e. The summed E-state index contributed by atoms with van der Waals surface area (Å²) < 4.78 is 38.9. The molecule has 0 atom stereocenters. The van der Waals surface area contributed by atoms with E-state index in [1.807, 2.05) is 13.8 Å². The number of carbonyl (C=O) groups excluding carboxylic acids is 1. The number of amides is 1. The summed E-state index contributed by atoms with van der Waals surface area (Å²) in [5, 5.41) is 5.25. The number of hydrogen-bond donors (Lipinski definition) is 2. The highest BCUT2D eigenvalue weighted by Gasteiger charge is 2.34. The van der Waals surface area contributed by atoms with E-state index >= 15 is 0 Å². The van der Waals surface area contributed by atoms with Crippen molar-refractivity contribution in [1.82, 2.24) is 5.32 Å². The first kappa shape index (κ1) is 16.3. The Morgan fingerprint density at radius 1 is 1.30 bits per heavy atom. The van der Waals surface area contributed by atoms with E-state index < -0.39 is 17.6 Å². The minimum absolute atomic E-state index is 0.0135. The molecule has 3 nitrogen and oxygen atoms in total. The molecule has 1 aromatic rings. The predicted octanol–water partition coefficient (Wildman–Crippen LogP) is 3.52. The second-order valence-corrected chi connectivity index (χ2v) is 4.89. The van der Waals surface area contributed by atoms with Crippen LogP contribution < -0.4 is 10.6 Å². The van der Waals surface area contributed by atoms with Crippen molar-refractivity contribution in [3.8, 4) is 0 Å². The van der Waals surface area contributed by atoms with Crippen LogP contribution in [0.3, 0.4) is 0 Å². The van der Waals surface area contributed by atoms with Gasteiger partial charge in [0.1, 0.15) is 0 Å². The third-order valence-electron chi connectivity index (χ3n) is 2.63. The summed E-state index contributed by atoms with van der Waals surface area (Å²) in [6.07, 6.45) is -4.49. The average Bonchev–Trinajstić information content (AvgIpc) is 2.35. The number of anilines is 1. The highest BCUT2D eigenvalue weighted by Crippen LogP contribution is 2.35. The third-order valence-corrected chi connectivity index (χ3v) is 2.63. The molecule has 0 aromatic heterocycles. The lowest BCUT2D eigenvalue weighted by Crippen LogP contribution is -2.27. The highest BCUT2D eigenvalue weighted by atomic mass is 19.4. The zero-order valence-electron chi connectivity index (χ0n) is 11.8. The fourth-order valence-corrected chi connectivity index (χ4v) is 1.66.